The summed E-state index contributed by atoms with van der Waals surface area (Å²) in [6.07, 6.45) is 0.785. The zero-order valence-corrected chi connectivity index (χ0v) is 11.7. The Morgan fingerprint density at radius 1 is 1.42 bits per heavy atom. The normalized spacial score (nSPS) is 23.9. The first-order chi connectivity index (χ1) is 9.03. The van der Waals surface area contributed by atoms with Crippen LogP contribution in [-0.2, 0) is 11.3 Å². The largest absolute Gasteiger partial charge is 0.368 e. The number of nitrogens with zero attached hydrogens (tertiary/aromatic N) is 1. The van der Waals surface area contributed by atoms with Crippen molar-refractivity contribution >= 4 is 5.91 Å². The van der Waals surface area contributed by atoms with Gasteiger partial charge in [-0.1, -0.05) is 30.3 Å². The summed E-state index contributed by atoms with van der Waals surface area (Å²) in [7, 11) is 0. The molecule has 1 aromatic carbocycles. The van der Waals surface area contributed by atoms with Crippen molar-refractivity contribution in [3.05, 3.63) is 35.9 Å². The van der Waals surface area contributed by atoms with Gasteiger partial charge in [0.1, 0.15) is 5.54 Å². The third-order valence-electron chi connectivity index (χ3n) is 3.97. The van der Waals surface area contributed by atoms with Crippen molar-refractivity contribution < 1.29 is 4.79 Å². The van der Waals surface area contributed by atoms with E-state index in [-0.39, 0.29) is 5.91 Å². The smallest absolute Gasteiger partial charge is 0.239 e. The summed E-state index contributed by atoms with van der Waals surface area (Å²) in [5.74, 6) is -0.244. The fourth-order valence-electron chi connectivity index (χ4n) is 2.58. The van der Waals surface area contributed by atoms with Crippen molar-refractivity contribution in [2.45, 2.75) is 38.4 Å². The van der Waals surface area contributed by atoms with Crippen molar-refractivity contribution in [3.8, 4) is 0 Å². The van der Waals surface area contributed by atoms with E-state index in [2.05, 4.69) is 36.2 Å². The zero-order valence-electron chi connectivity index (χ0n) is 11.7. The van der Waals surface area contributed by atoms with Crippen LogP contribution in [0.25, 0.3) is 0 Å². The molecule has 0 saturated carbocycles. The van der Waals surface area contributed by atoms with Gasteiger partial charge in [-0.25, -0.2) is 0 Å². The summed E-state index contributed by atoms with van der Waals surface area (Å²) in [4.78, 5) is 14.1. The molecule has 4 heteroatoms. The third-order valence-corrected chi connectivity index (χ3v) is 3.97. The molecule has 0 spiro atoms. The van der Waals surface area contributed by atoms with Crippen LogP contribution in [0.2, 0.25) is 0 Å². The maximum absolute atomic E-state index is 11.8. The fraction of sp³-hybridized carbons (Fsp3) is 0.533. The molecule has 104 valence electrons. The number of nitrogens with one attached hydrogen (secondary N) is 1. The van der Waals surface area contributed by atoms with Crippen molar-refractivity contribution in [2.75, 3.05) is 13.1 Å². The van der Waals surface area contributed by atoms with Crippen LogP contribution in [0, 0.1) is 0 Å². The predicted molar refractivity (Wildman–Crippen MR) is 76.5 cm³/mol. The number of rotatable bonds is 5. The Balaban J connectivity index is 2.03. The highest BCUT2D eigenvalue weighted by molar-refractivity contribution is 5.85. The van der Waals surface area contributed by atoms with Crippen molar-refractivity contribution in [3.63, 3.8) is 0 Å². The van der Waals surface area contributed by atoms with Gasteiger partial charge >= 0.3 is 0 Å². The molecule has 1 fully saturated rings. The van der Waals surface area contributed by atoms with Gasteiger partial charge in [0, 0.05) is 25.7 Å². The molecule has 1 aliphatic heterocycles. The molecular formula is C15H23N3O. The zero-order chi connectivity index (χ0) is 13.9. The molecule has 1 amide bonds. The number of carbonyl (C=O) groups excluding carboxylic acids is 1. The minimum absolute atomic E-state index is 0.244. The lowest BCUT2D eigenvalue weighted by Crippen LogP contribution is -2.57. The lowest BCUT2D eigenvalue weighted by molar-refractivity contribution is -0.124. The number of hydrogen-bond acceptors (Lipinski definition) is 3. The number of carbonyl (C=O) groups is 1. The lowest BCUT2D eigenvalue weighted by atomic mass is 9.97. The summed E-state index contributed by atoms with van der Waals surface area (Å²) in [5.41, 5.74) is 6.22. The molecule has 1 unspecified atom stereocenters. The van der Waals surface area contributed by atoms with E-state index in [0.29, 0.717) is 19.1 Å². The lowest BCUT2D eigenvalue weighted by Gasteiger charge is -2.28. The van der Waals surface area contributed by atoms with Gasteiger partial charge in [-0.05, 0) is 25.8 Å². The Bertz CT molecular complexity index is 432. The number of nitrogens with two attached hydrogens (primary N) is 1. The van der Waals surface area contributed by atoms with Gasteiger partial charge in [-0.15, -0.1) is 0 Å². The molecule has 1 saturated heterocycles. The summed E-state index contributed by atoms with van der Waals surface area (Å²) in [6.45, 7) is 6.59. The summed E-state index contributed by atoms with van der Waals surface area (Å²) in [5, 5.41) is 3.38. The molecule has 19 heavy (non-hydrogen) atoms. The maximum Gasteiger partial charge on any atom is 0.239 e. The van der Waals surface area contributed by atoms with Gasteiger partial charge in [0.15, 0.2) is 0 Å². The van der Waals surface area contributed by atoms with Crippen LogP contribution in [-0.4, -0.2) is 35.5 Å². The summed E-state index contributed by atoms with van der Waals surface area (Å²) in [6, 6.07) is 10.5. The van der Waals surface area contributed by atoms with Crippen LogP contribution in [0.1, 0.15) is 25.8 Å². The van der Waals surface area contributed by atoms with Gasteiger partial charge in [0.05, 0.1) is 0 Å². The fourth-order valence-corrected chi connectivity index (χ4v) is 2.58. The van der Waals surface area contributed by atoms with E-state index in [9.17, 15) is 4.79 Å². The topological polar surface area (TPSA) is 58.4 Å². The predicted octanol–water partition coefficient (Wildman–Crippen LogP) is 1.11. The first-order valence-electron chi connectivity index (χ1n) is 6.86. The minimum atomic E-state index is -0.583. The Labute approximate surface area is 115 Å². The average Bonchev–Trinajstić information content (AvgIpc) is 2.84. The second kappa shape index (κ2) is 5.72. The molecule has 1 heterocycles. The van der Waals surface area contributed by atoms with E-state index in [0.717, 1.165) is 13.0 Å². The number of benzene rings is 1. The summed E-state index contributed by atoms with van der Waals surface area (Å²) < 4.78 is 0. The van der Waals surface area contributed by atoms with E-state index in [1.807, 2.05) is 18.2 Å². The molecular weight excluding hydrogens is 238 g/mol. The monoisotopic (exact) mass is 261 g/mol. The summed E-state index contributed by atoms with van der Waals surface area (Å²) >= 11 is 0. The van der Waals surface area contributed by atoms with E-state index in [4.69, 9.17) is 5.73 Å². The molecule has 0 aromatic heterocycles. The number of hydrogen-bond donors (Lipinski definition) is 2. The molecule has 1 aliphatic rings. The quantitative estimate of drug-likeness (QED) is 0.835. The molecule has 2 rings (SSSR count). The Kier molecular flexibility index (Phi) is 4.22. The average molecular weight is 261 g/mol. The van der Waals surface area contributed by atoms with Crippen molar-refractivity contribution in [1.29, 1.82) is 0 Å². The van der Waals surface area contributed by atoms with E-state index >= 15 is 0 Å². The molecule has 3 N–H and O–H groups in total. The molecule has 4 nitrogen and oxygen atoms in total. The first kappa shape index (κ1) is 14.0. The minimum Gasteiger partial charge on any atom is -0.368 e. The second-order valence-corrected chi connectivity index (χ2v) is 5.60. The Hall–Kier alpha value is -1.39. The molecule has 0 bridgehead atoms. The van der Waals surface area contributed by atoms with Crippen LogP contribution >= 0.6 is 0 Å². The van der Waals surface area contributed by atoms with Crippen LogP contribution in [0.15, 0.2) is 30.3 Å². The first-order valence-corrected chi connectivity index (χ1v) is 6.86. The standard InChI is InChI=1S/C15H23N3O/c1-12(2)18-9-8-15(11-18,14(16)19)17-10-13-6-4-3-5-7-13/h3-7,12,17H,8-11H2,1-2H3,(H2,16,19). The Morgan fingerprint density at radius 3 is 2.63 bits per heavy atom. The van der Waals surface area contributed by atoms with Crippen molar-refractivity contribution in [1.82, 2.24) is 10.2 Å². The van der Waals surface area contributed by atoms with E-state index in [1.165, 1.54) is 5.56 Å². The van der Waals surface area contributed by atoms with Crippen LogP contribution < -0.4 is 11.1 Å². The number of amides is 1. The van der Waals surface area contributed by atoms with Gasteiger partial charge in [-0.2, -0.15) is 0 Å². The number of likely N-dealkylation sites (tertiary alicyclic amines) is 1. The number of primary amides is 1. The molecule has 0 aliphatic carbocycles. The highest BCUT2D eigenvalue weighted by Crippen LogP contribution is 2.23. The molecule has 0 radical (unpaired) electrons. The van der Waals surface area contributed by atoms with Gasteiger partial charge in [0.2, 0.25) is 5.91 Å². The van der Waals surface area contributed by atoms with Gasteiger partial charge < -0.3 is 5.73 Å². The van der Waals surface area contributed by atoms with Gasteiger partial charge in [-0.3, -0.25) is 15.0 Å². The molecule has 1 atom stereocenters. The van der Waals surface area contributed by atoms with Crippen LogP contribution in [0.4, 0.5) is 0 Å². The maximum atomic E-state index is 11.8. The molecule has 1 aromatic rings. The highest BCUT2D eigenvalue weighted by Gasteiger charge is 2.43. The highest BCUT2D eigenvalue weighted by atomic mass is 16.1. The van der Waals surface area contributed by atoms with E-state index in [1.54, 1.807) is 0 Å². The van der Waals surface area contributed by atoms with E-state index < -0.39 is 5.54 Å². The van der Waals surface area contributed by atoms with Gasteiger partial charge in [0.25, 0.3) is 0 Å². The van der Waals surface area contributed by atoms with Crippen LogP contribution in [0.5, 0.6) is 0 Å². The SMILES string of the molecule is CC(C)N1CCC(NCc2ccccc2)(C(N)=O)C1. The second-order valence-electron chi connectivity index (χ2n) is 5.60. The third kappa shape index (κ3) is 3.14. The van der Waals surface area contributed by atoms with Crippen LogP contribution in [0.3, 0.4) is 0 Å². The van der Waals surface area contributed by atoms with Crippen molar-refractivity contribution in [2.24, 2.45) is 5.73 Å². The Morgan fingerprint density at radius 2 is 2.11 bits per heavy atom.